The number of rotatable bonds is 4. The predicted octanol–water partition coefficient (Wildman–Crippen LogP) is -0.199. The number of carbonyl (C=O) groups excluding carboxylic acids is 2. The third kappa shape index (κ3) is 3.65. The summed E-state index contributed by atoms with van der Waals surface area (Å²) in [5.74, 6) is 1.88. The van der Waals surface area contributed by atoms with E-state index in [0.717, 1.165) is 18.1 Å². The Bertz CT molecular complexity index is 748. The summed E-state index contributed by atoms with van der Waals surface area (Å²) >= 11 is 0. The number of hydrogen-bond donors (Lipinski definition) is 1. The molecular formula is C19H30N6O3. The molecule has 3 aliphatic heterocycles. The Morgan fingerprint density at radius 3 is 2.71 bits per heavy atom. The molecule has 0 unspecified atom stereocenters. The third-order valence-corrected chi connectivity index (χ3v) is 6.18. The fraction of sp³-hybridized carbons (Fsp3) is 0.789. The van der Waals surface area contributed by atoms with Gasteiger partial charge in [-0.1, -0.05) is 0 Å². The molecule has 0 aromatic carbocycles. The summed E-state index contributed by atoms with van der Waals surface area (Å²) in [5.41, 5.74) is 0. The monoisotopic (exact) mass is 390 g/mol. The Kier molecular flexibility index (Phi) is 5.37. The van der Waals surface area contributed by atoms with E-state index in [1.807, 2.05) is 4.90 Å². The van der Waals surface area contributed by atoms with Gasteiger partial charge in [0.1, 0.15) is 5.82 Å². The topological polar surface area (TPSA) is 94.8 Å². The van der Waals surface area contributed by atoms with Crippen molar-refractivity contribution in [3.63, 3.8) is 0 Å². The number of fused-ring (bicyclic) bond motifs is 1. The third-order valence-electron chi connectivity index (χ3n) is 6.18. The molecule has 0 bridgehead atoms. The molecule has 1 N–H and O–H groups in total. The minimum absolute atomic E-state index is 0.00982. The van der Waals surface area contributed by atoms with Crippen LogP contribution >= 0.6 is 0 Å². The Morgan fingerprint density at radius 2 is 2.00 bits per heavy atom. The smallest absolute Gasteiger partial charge is 0.242 e. The van der Waals surface area contributed by atoms with E-state index in [2.05, 4.69) is 33.5 Å². The van der Waals surface area contributed by atoms with Gasteiger partial charge in [-0.05, 0) is 26.7 Å². The standard InChI is InChI=1S/C19H30N6O3/c1-13(2)25-11-14(26)10-15(25)19-21-20-16-5-7-22(8-9-24(16)19)18(28)12-23-6-3-4-17(23)27/h13-15,26H,3-12H2,1-2H3/t14-,15+/m1/s1. The van der Waals surface area contributed by atoms with E-state index in [-0.39, 0.29) is 30.5 Å². The van der Waals surface area contributed by atoms with Gasteiger partial charge in [0.2, 0.25) is 11.8 Å². The predicted molar refractivity (Wildman–Crippen MR) is 101 cm³/mol. The maximum Gasteiger partial charge on any atom is 0.242 e. The zero-order valence-electron chi connectivity index (χ0n) is 16.8. The quantitative estimate of drug-likeness (QED) is 0.765. The van der Waals surface area contributed by atoms with Gasteiger partial charge >= 0.3 is 0 Å². The van der Waals surface area contributed by atoms with Gasteiger partial charge in [-0.3, -0.25) is 14.5 Å². The van der Waals surface area contributed by atoms with E-state index in [4.69, 9.17) is 0 Å². The summed E-state index contributed by atoms with van der Waals surface area (Å²) < 4.78 is 2.13. The summed E-state index contributed by atoms with van der Waals surface area (Å²) in [6.07, 6.45) is 2.37. The molecule has 28 heavy (non-hydrogen) atoms. The van der Waals surface area contributed by atoms with Crippen LogP contribution < -0.4 is 0 Å². The molecule has 9 nitrogen and oxygen atoms in total. The van der Waals surface area contributed by atoms with Crippen molar-refractivity contribution in [2.45, 2.75) is 64.3 Å². The van der Waals surface area contributed by atoms with Crippen molar-refractivity contribution in [2.24, 2.45) is 0 Å². The SMILES string of the molecule is CC(C)N1C[C@H](O)C[C@H]1c1nnc2n1CCN(C(=O)CN1CCCC1=O)CC2. The maximum absolute atomic E-state index is 12.7. The minimum Gasteiger partial charge on any atom is -0.392 e. The van der Waals surface area contributed by atoms with Crippen LogP contribution in [0.2, 0.25) is 0 Å². The zero-order valence-corrected chi connectivity index (χ0v) is 16.8. The number of carbonyl (C=O) groups is 2. The average Bonchev–Trinajstić information content (AvgIpc) is 3.31. The van der Waals surface area contributed by atoms with E-state index in [1.165, 1.54) is 0 Å². The normalized spacial score (nSPS) is 26.2. The van der Waals surface area contributed by atoms with Crippen molar-refractivity contribution in [1.29, 1.82) is 0 Å². The lowest BCUT2D eigenvalue weighted by atomic mass is 10.1. The molecule has 9 heteroatoms. The molecule has 2 saturated heterocycles. The van der Waals surface area contributed by atoms with Crippen LogP contribution in [-0.2, 0) is 22.6 Å². The molecule has 4 heterocycles. The number of nitrogens with zero attached hydrogens (tertiary/aromatic N) is 6. The summed E-state index contributed by atoms with van der Waals surface area (Å²) in [5, 5.41) is 19.0. The first-order valence-electron chi connectivity index (χ1n) is 10.4. The maximum atomic E-state index is 12.7. The fourth-order valence-electron chi connectivity index (χ4n) is 4.64. The van der Waals surface area contributed by atoms with E-state index in [0.29, 0.717) is 58.0 Å². The van der Waals surface area contributed by atoms with Crippen LogP contribution in [0.4, 0.5) is 0 Å². The van der Waals surface area contributed by atoms with Crippen LogP contribution in [0.15, 0.2) is 0 Å². The van der Waals surface area contributed by atoms with Gasteiger partial charge in [-0.2, -0.15) is 0 Å². The molecule has 0 spiro atoms. The first kappa shape index (κ1) is 19.3. The molecule has 1 aromatic heterocycles. The molecule has 0 radical (unpaired) electrons. The van der Waals surface area contributed by atoms with Crippen molar-refractivity contribution in [3.05, 3.63) is 11.6 Å². The lowest BCUT2D eigenvalue weighted by molar-refractivity contribution is -0.138. The Hall–Kier alpha value is -2.00. The highest BCUT2D eigenvalue weighted by atomic mass is 16.3. The van der Waals surface area contributed by atoms with Crippen molar-refractivity contribution in [2.75, 3.05) is 32.7 Å². The number of aliphatic hydroxyl groups is 1. The fourth-order valence-corrected chi connectivity index (χ4v) is 4.64. The Labute approximate surface area is 165 Å². The first-order chi connectivity index (χ1) is 13.4. The largest absolute Gasteiger partial charge is 0.392 e. The van der Waals surface area contributed by atoms with Crippen LogP contribution in [0.25, 0.3) is 0 Å². The van der Waals surface area contributed by atoms with Gasteiger partial charge in [-0.15, -0.1) is 10.2 Å². The molecule has 2 atom stereocenters. The number of aliphatic hydroxyl groups excluding tert-OH is 1. The molecule has 154 valence electrons. The van der Waals surface area contributed by atoms with Crippen molar-refractivity contribution >= 4 is 11.8 Å². The summed E-state index contributed by atoms with van der Waals surface area (Å²) in [4.78, 5) is 30.3. The lowest BCUT2D eigenvalue weighted by Crippen LogP contribution is -2.42. The number of likely N-dealkylation sites (tertiary alicyclic amines) is 2. The van der Waals surface area contributed by atoms with E-state index in [1.54, 1.807) is 4.90 Å². The minimum atomic E-state index is -0.345. The highest BCUT2D eigenvalue weighted by Gasteiger charge is 2.37. The highest BCUT2D eigenvalue weighted by molar-refractivity contribution is 5.85. The Balaban J connectivity index is 1.45. The van der Waals surface area contributed by atoms with Gasteiger partial charge in [0.25, 0.3) is 0 Å². The van der Waals surface area contributed by atoms with Crippen LogP contribution in [0.1, 0.15) is 50.8 Å². The van der Waals surface area contributed by atoms with Crippen molar-refractivity contribution in [3.8, 4) is 0 Å². The average molecular weight is 390 g/mol. The second-order valence-electron chi connectivity index (χ2n) is 8.37. The first-order valence-corrected chi connectivity index (χ1v) is 10.4. The molecule has 2 fully saturated rings. The van der Waals surface area contributed by atoms with Gasteiger partial charge < -0.3 is 19.5 Å². The van der Waals surface area contributed by atoms with Crippen LogP contribution in [0.3, 0.4) is 0 Å². The van der Waals surface area contributed by atoms with Gasteiger partial charge in [0.15, 0.2) is 5.82 Å². The van der Waals surface area contributed by atoms with Gasteiger partial charge in [0.05, 0.1) is 18.7 Å². The molecule has 0 aliphatic carbocycles. The van der Waals surface area contributed by atoms with Crippen LogP contribution in [0.5, 0.6) is 0 Å². The van der Waals surface area contributed by atoms with Crippen LogP contribution in [0, 0.1) is 0 Å². The van der Waals surface area contributed by atoms with E-state index < -0.39 is 0 Å². The number of β-amino-alcohol motifs (C(OH)–C–C–N with tert-alkyl or cyclic N) is 1. The second-order valence-corrected chi connectivity index (χ2v) is 8.37. The number of hydrogen-bond acceptors (Lipinski definition) is 6. The molecule has 1 aromatic rings. The summed E-state index contributed by atoms with van der Waals surface area (Å²) in [7, 11) is 0. The van der Waals surface area contributed by atoms with E-state index >= 15 is 0 Å². The number of amides is 2. The summed E-state index contributed by atoms with van der Waals surface area (Å²) in [6, 6.07) is 0.373. The van der Waals surface area contributed by atoms with Crippen molar-refractivity contribution in [1.82, 2.24) is 29.5 Å². The van der Waals surface area contributed by atoms with E-state index in [9.17, 15) is 14.7 Å². The van der Waals surface area contributed by atoms with Crippen molar-refractivity contribution < 1.29 is 14.7 Å². The highest BCUT2D eigenvalue weighted by Crippen LogP contribution is 2.33. The van der Waals surface area contributed by atoms with Crippen LogP contribution in [-0.4, -0.2) is 91.3 Å². The molecule has 2 amide bonds. The van der Waals surface area contributed by atoms with Gasteiger partial charge in [0, 0.05) is 51.6 Å². The zero-order chi connectivity index (χ0) is 19.8. The second kappa shape index (κ2) is 7.79. The number of aromatic nitrogens is 3. The molecule has 3 aliphatic rings. The lowest BCUT2D eigenvalue weighted by Gasteiger charge is -2.28. The molecule has 0 saturated carbocycles. The molecular weight excluding hydrogens is 360 g/mol. The Morgan fingerprint density at radius 1 is 1.18 bits per heavy atom. The molecule has 4 rings (SSSR count). The van der Waals surface area contributed by atoms with Gasteiger partial charge in [-0.25, -0.2) is 0 Å². The summed E-state index contributed by atoms with van der Waals surface area (Å²) in [6.45, 7) is 7.62.